The Morgan fingerprint density at radius 2 is 1.87 bits per heavy atom. The number of piperazine rings is 2. The molecule has 2 saturated heterocycles. The molecule has 1 N–H and O–H groups in total. The lowest BCUT2D eigenvalue weighted by molar-refractivity contribution is -0.128. The van der Waals surface area contributed by atoms with Crippen molar-refractivity contribution in [3.05, 3.63) is 59.7 Å². The van der Waals surface area contributed by atoms with Crippen molar-refractivity contribution in [1.29, 1.82) is 0 Å². The van der Waals surface area contributed by atoms with Crippen molar-refractivity contribution in [1.82, 2.24) is 34.2 Å². The molecule has 206 valence electrons. The Balaban J connectivity index is 1.28. The van der Waals surface area contributed by atoms with Crippen LogP contribution >= 0.6 is 0 Å². The SMILES string of the molecule is C=CC(=O)N1CCN(CCn2c(=O)ccc3cnc(Nc4ccc(N5CCN(C)[C@@H](C)C5)nc4)nc32)[C@@H](C)C1. The number of hydrogen-bond acceptors (Lipinski definition) is 9. The molecule has 0 radical (unpaired) electrons. The van der Waals surface area contributed by atoms with E-state index in [-0.39, 0.29) is 17.5 Å². The number of carbonyl (C=O) groups excluding carboxylic acids is 1. The van der Waals surface area contributed by atoms with Gasteiger partial charge in [-0.1, -0.05) is 6.58 Å². The second kappa shape index (κ2) is 11.5. The van der Waals surface area contributed by atoms with Crippen molar-refractivity contribution in [3.8, 4) is 0 Å². The van der Waals surface area contributed by atoms with E-state index in [9.17, 15) is 9.59 Å². The molecule has 5 rings (SSSR count). The quantitative estimate of drug-likeness (QED) is 0.457. The number of pyridine rings is 2. The van der Waals surface area contributed by atoms with E-state index in [2.05, 4.69) is 57.5 Å². The van der Waals surface area contributed by atoms with Crippen LogP contribution in [0.2, 0.25) is 0 Å². The molecule has 39 heavy (non-hydrogen) atoms. The maximum Gasteiger partial charge on any atom is 0.252 e. The minimum absolute atomic E-state index is 0.0396. The molecule has 11 heteroatoms. The van der Waals surface area contributed by atoms with Gasteiger partial charge in [0.1, 0.15) is 11.5 Å². The zero-order valence-corrected chi connectivity index (χ0v) is 23.0. The number of likely N-dealkylation sites (N-methyl/N-ethyl adjacent to an activating group) is 1. The number of amides is 1. The van der Waals surface area contributed by atoms with Gasteiger partial charge in [0, 0.05) is 82.1 Å². The average Bonchev–Trinajstić information content (AvgIpc) is 2.94. The van der Waals surface area contributed by atoms with Gasteiger partial charge in [0.2, 0.25) is 11.9 Å². The van der Waals surface area contributed by atoms with E-state index in [1.807, 2.05) is 17.0 Å². The number of carbonyl (C=O) groups is 1. The number of aromatic nitrogens is 4. The van der Waals surface area contributed by atoms with E-state index < -0.39 is 0 Å². The molecule has 2 atom stereocenters. The number of hydrogen-bond donors (Lipinski definition) is 1. The number of anilines is 3. The first-order valence-corrected chi connectivity index (χ1v) is 13.5. The molecule has 2 aliphatic rings. The zero-order valence-electron chi connectivity index (χ0n) is 23.0. The molecule has 0 aliphatic carbocycles. The Bertz CT molecular complexity index is 1390. The lowest BCUT2D eigenvalue weighted by atomic mass is 10.2. The van der Waals surface area contributed by atoms with E-state index in [4.69, 9.17) is 4.98 Å². The minimum Gasteiger partial charge on any atom is -0.354 e. The molecule has 3 aromatic rings. The lowest BCUT2D eigenvalue weighted by Crippen LogP contribution is -2.54. The predicted octanol–water partition coefficient (Wildman–Crippen LogP) is 1.79. The summed E-state index contributed by atoms with van der Waals surface area (Å²) in [6.07, 6.45) is 4.89. The van der Waals surface area contributed by atoms with E-state index in [1.54, 1.807) is 29.1 Å². The van der Waals surface area contributed by atoms with Gasteiger partial charge in [-0.05, 0) is 45.2 Å². The molecule has 2 aliphatic heterocycles. The van der Waals surface area contributed by atoms with Gasteiger partial charge in [0.15, 0.2) is 0 Å². The summed E-state index contributed by atoms with van der Waals surface area (Å²) in [6.45, 7) is 14.0. The monoisotopic (exact) mass is 531 g/mol. The van der Waals surface area contributed by atoms with Crippen LogP contribution in [-0.2, 0) is 11.3 Å². The molecule has 3 aromatic heterocycles. The number of nitrogens with zero attached hydrogens (tertiary/aromatic N) is 8. The third-order valence-corrected chi connectivity index (χ3v) is 7.87. The van der Waals surface area contributed by atoms with Crippen LogP contribution in [0.1, 0.15) is 13.8 Å². The lowest BCUT2D eigenvalue weighted by Gasteiger charge is -2.39. The predicted molar refractivity (Wildman–Crippen MR) is 153 cm³/mol. The topological polar surface area (TPSA) is 103 Å². The van der Waals surface area contributed by atoms with Crippen LogP contribution in [0.25, 0.3) is 11.0 Å². The Morgan fingerprint density at radius 1 is 1.03 bits per heavy atom. The number of rotatable bonds is 7. The second-order valence-corrected chi connectivity index (χ2v) is 10.5. The Morgan fingerprint density at radius 3 is 2.59 bits per heavy atom. The summed E-state index contributed by atoms with van der Waals surface area (Å²) < 4.78 is 1.70. The van der Waals surface area contributed by atoms with Gasteiger partial charge in [-0.3, -0.25) is 19.1 Å². The van der Waals surface area contributed by atoms with Crippen molar-refractivity contribution >= 4 is 34.4 Å². The van der Waals surface area contributed by atoms with Crippen LogP contribution in [-0.4, -0.2) is 105 Å². The van der Waals surface area contributed by atoms with Crippen molar-refractivity contribution in [2.45, 2.75) is 32.5 Å². The van der Waals surface area contributed by atoms with Crippen LogP contribution in [0.3, 0.4) is 0 Å². The van der Waals surface area contributed by atoms with Crippen molar-refractivity contribution in [2.75, 3.05) is 63.1 Å². The fourth-order valence-electron chi connectivity index (χ4n) is 5.27. The maximum atomic E-state index is 12.9. The summed E-state index contributed by atoms with van der Waals surface area (Å²) in [5.74, 6) is 1.33. The summed E-state index contributed by atoms with van der Waals surface area (Å²) in [6, 6.07) is 7.98. The van der Waals surface area contributed by atoms with Crippen LogP contribution < -0.4 is 15.8 Å². The average molecular weight is 532 g/mol. The van der Waals surface area contributed by atoms with Crippen LogP contribution in [0, 0.1) is 0 Å². The van der Waals surface area contributed by atoms with E-state index in [1.165, 1.54) is 6.08 Å². The number of nitrogens with one attached hydrogen (secondary N) is 1. The highest BCUT2D eigenvalue weighted by Crippen LogP contribution is 2.20. The summed E-state index contributed by atoms with van der Waals surface area (Å²) >= 11 is 0. The van der Waals surface area contributed by atoms with Crippen LogP contribution in [0.15, 0.2) is 54.1 Å². The molecule has 0 spiro atoms. The second-order valence-electron chi connectivity index (χ2n) is 10.5. The molecule has 0 aromatic carbocycles. The van der Waals surface area contributed by atoms with Gasteiger partial charge >= 0.3 is 0 Å². The summed E-state index contributed by atoms with van der Waals surface area (Å²) in [5.41, 5.74) is 1.27. The van der Waals surface area contributed by atoms with Gasteiger partial charge in [0.25, 0.3) is 5.56 Å². The van der Waals surface area contributed by atoms with Gasteiger partial charge in [-0.25, -0.2) is 9.97 Å². The van der Waals surface area contributed by atoms with Gasteiger partial charge in [-0.2, -0.15) is 4.98 Å². The van der Waals surface area contributed by atoms with Crippen molar-refractivity contribution in [3.63, 3.8) is 0 Å². The van der Waals surface area contributed by atoms with Gasteiger partial charge in [-0.15, -0.1) is 0 Å². The van der Waals surface area contributed by atoms with E-state index in [0.717, 1.165) is 43.1 Å². The molecule has 5 heterocycles. The molecule has 0 bridgehead atoms. The maximum absolute atomic E-state index is 12.9. The third-order valence-electron chi connectivity index (χ3n) is 7.87. The summed E-state index contributed by atoms with van der Waals surface area (Å²) in [7, 11) is 2.15. The molecule has 0 unspecified atom stereocenters. The molecular weight excluding hydrogens is 494 g/mol. The normalized spacial score (nSPS) is 20.8. The zero-order chi connectivity index (χ0) is 27.5. The molecular formula is C28H37N9O2. The molecule has 0 saturated carbocycles. The van der Waals surface area contributed by atoms with Crippen molar-refractivity contribution < 1.29 is 4.79 Å². The largest absolute Gasteiger partial charge is 0.354 e. The minimum atomic E-state index is -0.104. The van der Waals surface area contributed by atoms with Crippen molar-refractivity contribution in [2.24, 2.45) is 0 Å². The van der Waals surface area contributed by atoms with E-state index >= 15 is 0 Å². The first-order chi connectivity index (χ1) is 18.8. The first-order valence-electron chi connectivity index (χ1n) is 13.5. The smallest absolute Gasteiger partial charge is 0.252 e. The fraction of sp³-hybridized carbons (Fsp3) is 0.464. The highest BCUT2D eigenvalue weighted by atomic mass is 16.2. The first kappa shape index (κ1) is 26.8. The highest BCUT2D eigenvalue weighted by molar-refractivity contribution is 5.87. The van der Waals surface area contributed by atoms with Crippen LogP contribution in [0.4, 0.5) is 17.5 Å². The standard InChI is InChI=1S/C28H37N9O2/c1-5-25(38)36-13-12-34(21(3)19-36)14-15-37-26(39)9-6-22-16-30-28(32-27(22)37)31-23-7-8-24(29-17-23)35-11-10-33(4)20(2)18-35/h5-9,16-17,20-21H,1,10-15,18-19H2,2-4H3,(H,30,31,32)/t20-,21-/m0/s1. The molecule has 2 fully saturated rings. The highest BCUT2D eigenvalue weighted by Gasteiger charge is 2.25. The van der Waals surface area contributed by atoms with Gasteiger partial charge < -0.3 is 20.0 Å². The summed E-state index contributed by atoms with van der Waals surface area (Å²) in [5, 5.41) is 4.04. The Kier molecular flexibility index (Phi) is 7.89. The Labute approximate surface area is 228 Å². The van der Waals surface area contributed by atoms with E-state index in [0.29, 0.717) is 43.8 Å². The summed E-state index contributed by atoms with van der Waals surface area (Å²) in [4.78, 5) is 47.4. The van der Waals surface area contributed by atoms with Gasteiger partial charge in [0.05, 0.1) is 11.9 Å². The van der Waals surface area contributed by atoms with Crippen LogP contribution in [0.5, 0.6) is 0 Å². The number of fused-ring (bicyclic) bond motifs is 1. The Hall–Kier alpha value is -3.83. The third kappa shape index (κ3) is 5.94. The molecule has 1 amide bonds. The molecule has 11 nitrogen and oxygen atoms in total. The fourth-order valence-corrected chi connectivity index (χ4v) is 5.27.